The number of carbonyl (C=O) groups is 2. The standard InChI is InChI=1S/C6H9NO3/c1-5(8)3-7-4-6(9)10-2/h3H,4H2,1-2H3. The number of esters is 1. The Labute approximate surface area is 58.9 Å². The highest BCUT2D eigenvalue weighted by atomic mass is 16.5. The molecule has 0 unspecified atom stereocenters. The maximum Gasteiger partial charge on any atom is 0.327 e. The quantitative estimate of drug-likeness (QED) is 0.406. The van der Waals surface area contributed by atoms with Gasteiger partial charge in [0.2, 0.25) is 0 Å². The smallest absolute Gasteiger partial charge is 0.327 e. The first-order valence-electron chi connectivity index (χ1n) is 2.74. The molecule has 0 aliphatic heterocycles. The van der Waals surface area contributed by atoms with Crippen LogP contribution in [0.1, 0.15) is 6.92 Å². The minimum Gasteiger partial charge on any atom is -0.468 e. The molecule has 0 amide bonds. The first kappa shape index (κ1) is 8.81. The van der Waals surface area contributed by atoms with Gasteiger partial charge in [0, 0.05) is 6.92 Å². The molecular formula is C6H9NO3. The molecule has 0 atom stereocenters. The van der Waals surface area contributed by atoms with Crippen LogP contribution < -0.4 is 0 Å². The third kappa shape index (κ3) is 4.96. The highest BCUT2D eigenvalue weighted by molar-refractivity contribution is 6.26. The van der Waals surface area contributed by atoms with Crippen molar-refractivity contribution in [2.45, 2.75) is 6.92 Å². The number of ether oxygens (including phenoxy) is 1. The van der Waals surface area contributed by atoms with Gasteiger partial charge in [0.1, 0.15) is 6.54 Å². The van der Waals surface area contributed by atoms with Crippen LogP contribution in [-0.4, -0.2) is 31.6 Å². The Kier molecular flexibility index (Phi) is 4.11. The Morgan fingerprint density at radius 2 is 2.20 bits per heavy atom. The summed E-state index contributed by atoms with van der Waals surface area (Å²) in [5.41, 5.74) is 0. The van der Waals surface area contributed by atoms with Crippen molar-refractivity contribution in [2.75, 3.05) is 13.7 Å². The van der Waals surface area contributed by atoms with Crippen LogP contribution in [0, 0.1) is 0 Å². The molecule has 0 N–H and O–H groups in total. The molecular weight excluding hydrogens is 134 g/mol. The zero-order valence-electron chi connectivity index (χ0n) is 5.96. The van der Waals surface area contributed by atoms with E-state index in [0.29, 0.717) is 0 Å². The Bertz CT molecular complexity index is 162. The summed E-state index contributed by atoms with van der Waals surface area (Å²) in [4.78, 5) is 24.1. The minimum atomic E-state index is -0.447. The Morgan fingerprint density at radius 1 is 1.60 bits per heavy atom. The van der Waals surface area contributed by atoms with E-state index in [1.165, 1.54) is 14.0 Å². The number of ketones is 1. The van der Waals surface area contributed by atoms with Crippen molar-refractivity contribution in [3.8, 4) is 0 Å². The molecule has 0 saturated heterocycles. The lowest BCUT2D eigenvalue weighted by molar-refractivity contribution is -0.138. The van der Waals surface area contributed by atoms with E-state index in [9.17, 15) is 9.59 Å². The average Bonchev–Trinajstić information content (AvgIpc) is 1.87. The number of hydrogen-bond donors (Lipinski definition) is 0. The monoisotopic (exact) mass is 143 g/mol. The molecule has 0 aliphatic rings. The normalized spacial score (nSPS) is 9.80. The van der Waals surface area contributed by atoms with Crippen LogP contribution in [0.15, 0.2) is 4.99 Å². The van der Waals surface area contributed by atoms with Gasteiger partial charge in [-0.3, -0.25) is 14.6 Å². The summed E-state index contributed by atoms with van der Waals surface area (Å²) in [5.74, 6) is -0.624. The van der Waals surface area contributed by atoms with E-state index in [2.05, 4.69) is 9.73 Å². The first-order valence-corrected chi connectivity index (χ1v) is 2.74. The molecule has 0 fully saturated rings. The predicted octanol–water partition coefficient (Wildman–Crippen LogP) is -0.181. The van der Waals surface area contributed by atoms with Crippen molar-refractivity contribution in [3.05, 3.63) is 0 Å². The van der Waals surface area contributed by atoms with Gasteiger partial charge in [-0.2, -0.15) is 0 Å². The van der Waals surface area contributed by atoms with Crippen molar-refractivity contribution < 1.29 is 14.3 Å². The zero-order chi connectivity index (χ0) is 7.98. The number of hydrogen-bond acceptors (Lipinski definition) is 4. The summed E-state index contributed by atoms with van der Waals surface area (Å²) < 4.78 is 4.27. The topological polar surface area (TPSA) is 55.7 Å². The molecule has 0 radical (unpaired) electrons. The fourth-order valence-corrected chi connectivity index (χ4v) is 0.313. The van der Waals surface area contributed by atoms with E-state index in [1.54, 1.807) is 0 Å². The van der Waals surface area contributed by atoms with Gasteiger partial charge < -0.3 is 4.74 Å². The number of aliphatic imine (C=N–C) groups is 1. The highest BCUT2D eigenvalue weighted by Crippen LogP contribution is 1.74. The Hall–Kier alpha value is -1.19. The summed E-state index contributed by atoms with van der Waals surface area (Å²) in [6.07, 6.45) is 1.09. The summed E-state index contributed by atoms with van der Waals surface area (Å²) in [6.45, 7) is 1.27. The fourth-order valence-electron chi connectivity index (χ4n) is 0.313. The predicted molar refractivity (Wildman–Crippen MR) is 36.1 cm³/mol. The van der Waals surface area contributed by atoms with Crippen LogP contribution in [0.25, 0.3) is 0 Å². The molecule has 0 rings (SSSR count). The summed E-state index contributed by atoms with van der Waals surface area (Å²) in [5, 5.41) is 0. The molecule has 0 saturated carbocycles. The van der Waals surface area contributed by atoms with Gasteiger partial charge in [0.05, 0.1) is 13.3 Å². The van der Waals surface area contributed by atoms with Gasteiger partial charge >= 0.3 is 5.97 Å². The molecule has 10 heavy (non-hydrogen) atoms. The molecule has 0 aromatic rings. The zero-order valence-corrected chi connectivity index (χ0v) is 5.96. The van der Waals surface area contributed by atoms with Gasteiger partial charge in [-0.05, 0) is 0 Å². The fraction of sp³-hybridized carbons (Fsp3) is 0.500. The Morgan fingerprint density at radius 3 is 2.60 bits per heavy atom. The van der Waals surface area contributed by atoms with Crippen LogP contribution in [-0.2, 0) is 14.3 Å². The molecule has 56 valence electrons. The van der Waals surface area contributed by atoms with Crippen LogP contribution in [0.5, 0.6) is 0 Å². The summed E-state index contributed by atoms with van der Waals surface area (Å²) in [6, 6.07) is 0. The van der Waals surface area contributed by atoms with E-state index >= 15 is 0 Å². The van der Waals surface area contributed by atoms with Crippen molar-refractivity contribution in [2.24, 2.45) is 4.99 Å². The second-order valence-corrected chi connectivity index (χ2v) is 1.66. The largest absolute Gasteiger partial charge is 0.468 e. The van der Waals surface area contributed by atoms with Crippen LogP contribution in [0.3, 0.4) is 0 Å². The Balaban J connectivity index is 3.53. The lowest BCUT2D eigenvalue weighted by atomic mass is 10.5. The van der Waals surface area contributed by atoms with Crippen molar-refractivity contribution in [1.82, 2.24) is 0 Å². The van der Waals surface area contributed by atoms with E-state index in [1.807, 2.05) is 0 Å². The molecule has 0 aliphatic carbocycles. The molecule has 0 heterocycles. The van der Waals surface area contributed by atoms with E-state index in [0.717, 1.165) is 6.21 Å². The maximum atomic E-state index is 10.3. The van der Waals surface area contributed by atoms with E-state index in [-0.39, 0.29) is 12.3 Å². The second-order valence-electron chi connectivity index (χ2n) is 1.66. The summed E-state index contributed by atoms with van der Waals surface area (Å²) in [7, 11) is 1.27. The average molecular weight is 143 g/mol. The third-order valence-corrected chi connectivity index (χ3v) is 0.721. The number of rotatable bonds is 3. The third-order valence-electron chi connectivity index (χ3n) is 0.721. The van der Waals surface area contributed by atoms with E-state index < -0.39 is 5.97 Å². The number of carbonyl (C=O) groups excluding carboxylic acids is 2. The lowest BCUT2D eigenvalue weighted by Crippen LogP contribution is -2.05. The summed E-state index contributed by atoms with van der Waals surface area (Å²) >= 11 is 0. The molecule has 0 aromatic carbocycles. The van der Waals surface area contributed by atoms with Crippen LogP contribution in [0.2, 0.25) is 0 Å². The lowest BCUT2D eigenvalue weighted by Gasteiger charge is -1.90. The number of nitrogens with zero attached hydrogens (tertiary/aromatic N) is 1. The molecule has 0 bridgehead atoms. The van der Waals surface area contributed by atoms with Crippen molar-refractivity contribution >= 4 is 18.0 Å². The maximum absolute atomic E-state index is 10.3. The number of methoxy groups -OCH3 is 1. The molecule has 0 spiro atoms. The first-order chi connectivity index (χ1) is 4.66. The van der Waals surface area contributed by atoms with Gasteiger partial charge in [-0.1, -0.05) is 0 Å². The number of Topliss-reactive ketones (excluding diaryl/α,β-unsaturated/α-hetero) is 1. The second kappa shape index (κ2) is 4.67. The molecule has 4 nitrogen and oxygen atoms in total. The van der Waals surface area contributed by atoms with Crippen molar-refractivity contribution in [3.63, 3.8) is 0 Å². The van der Waals surface area contributed by atoms with Gasteiger partial charge in [-0.25, -0.2) is 0 Å². The minimum absolute atomic E-state index is 0.0872. The SMILES string of the molecule is COC(=O)CN=CC(C)=O. The highest BCUT2D eigenvalue weighted by Gasteiger charge is 1.94. The van der Waals surface area contributed by atoms with Crippen molar-refractivity contribution in [1.29, 1.82) is 0 Å². The van der Waals surface area contributed by atoms with Crippen LogP contribution in [0.4, 0.5) is 0 Å². The van der Waals surface area contributed by atoms with Gasteiger partial charge in [-0.15, -0.1) is 0 Å². The van der Waals surface area contributed by atoms with E-state index in [4.69, 9.17) is 0 Å². The van der Waals surface area contributed by atoms with Gasteiger partial charge in [0.25, 0.3) is 0 Å². The molecule has 4 heteroatoms. The van der Waals surface area contributed by atoms with Gasteiger partial charge in [0.15, 0.2) is 5.78 Å². The molecule has 0 aromatic heterocycles. The van der Waals surface area contributed by atoms with Crippen LogP contribution >= 0.6 is 0 Å².